The van der Waals surface area contributed by atoms with Crippen molar-refractivity contribution in [3.8, 4) is 11.3 Å². The standard InChI is InChI=1S/C19H16FN3O3/c1-12(24)21-13-5-4-6-14(9-13)22-19(25)11-15-10-18(26-23-15)16-7-2-3-8-17(16)20/h2-10H,11H2,1H3,(H,21,24)(H,22,25). The number of nitrogens with one attached hydrogen (secondary N) is 2. The van der Waals surface area contributed by atoms with Gasteiger partial charge in [-0.2, -0.15) is 0 Å². The van der Waals surface area contributed by atoms with Crippen molar-refractivity contribution in [1.82, 2.24) is 5.16 Å². The molecule has 132 valence electrons. The highest BCUT2D eigenvalue weighted by atomic mass is 19.1. The lowest BCUT2D eigenvalue weighted by atomic mass is 10.1. The molecule has 6 nitrogen and oxygen atoms in total. The van der Waals surface area contributed by atoms with E-state index in [0.29, 0.717) is 17.1 Å². The van der Waals surface area contributed by atoms with Crippen molar-refractivity contribution in [3.05, 3.63) is 66.1 Å². The van der Waals surface area contributed by atoms with Gasteiger partial charge in [0.05, 0.1) is 17.7 Å². The topological polar surface area (TPSA) is 84.2 Å². The number of benzene rings is 2. The molecule has 2 amide bonds. The highest BCUT2D eigenvalue weighted by Gasteiger charge is 2.13. The van der Waals surface area contributed by atoms with Crippen LogP contribution in [0.4, 0.5) is 15.8 Å². The maximum atomic E-state index is 13.8. The van der Waals surface area contributed by atoms with E-state index in [1.165, 1.54) is 19.1 Å². The Labute approximate surface area is 149 Å². The summed E-state index contributed by atoms with van der Waals surface area (Å²) in [4.78, 5) is 23.3. The first-order valence-electron chi connectivity index (χ1n) is 7.89. The van der Waals surface area contributed by atoms with Crippen molar-refractivity contribution in [2.45, 2.75) is 13.3 Å². The smallest absolute Gasteiger partial charge is 0.230 e. The zero-order chi connectivity index (χ0) is 18.5. The van der Waals surface area contributed by atoms with Crippen LogP contribution in [0, 0.1) is 5.82 Å². The molecule has 0 aliphatic heterocycles. The molecule has 0 saturated heterocycles. The summed E-state index contributed by atoms with van der Waals surface area (Å²) in [6.07, 6.45) is -0.0255. The Morgan fingerprint density at radius 2 is 1.77 bits per heavy atom. The van der Waals surface area contributed by atoms with Crippen LogP contribution in [0.5, 0.6) is 0 Å². The minimum atomic E-state index is -0.422. The quantitative estimate of drug-likeness (QED) is 0.734. The fourth-order valence-electron chi connectivity index (χ4n) is 2.43. The second-order valence-electron chi connectivity index (χ2n) is 5.65. The molecule has 0 bridgehead atoms. The van der Waals surface area contributed by atoms with E-state index in [1.807, 2.05) is 0 Å². The first kappa shape index (κ1) is 17.3. The number of rotatable bonds is 5. The van der Waals surface area contributed by atoms with Crippen molar-refractivity contribution in [2.24, 2.45) is 0 Å². The van der Waals surface area contributed by atoms with Crippen LogP contribution in [-0.2, 0) is 16.0 Å². The Kier molecular flexibility index (Phi) is 5.07. The second kappa shape index (κ2) is 7.60. The molecule has 3 aromatic rings. The van der Waals surface area contributed by atoms with Gasteiger partial charge in [-0.05, 0) is 30.3 Å². The summed E-state index contributed by atoms with van der Waals surface area (Å²) in [7, 11) is 0. The Morgan fingerprint density at radius 1 is 1.04 bits per heavy atom. The summed E-state index contributed by atoms with van der Waals surface area (Å²) in [5.74, 6) is -0.664. The number of hydrogen-bond donors (Lipinski definition) is 2. The van der Waals surface area contributed by atoms with Crippen molar-refractivity contribution < 1.29 is 18.5 Å². The first-order chi connectivity index (χ1) is 12.5. The summed E-state index contributed by atoms with van der Waals surface area (Å²) >= 11 is 0. The lowest BCUT2D eigenvalue weighted by Crippen LogP contribution is -2.15. The van der Waals surface area contributed by atoms with Crippen molar-refractivity contribution in [2.75, 3.05) is 10.6 Å². The molecule has 0 saturated carbocycles. The van der Waals surface area contributed by atoms with E-state index in [4.69, 9.17) is 4.52 Å². The summed E-state index contributed by atoms with van der Waals surface area (Å²) < 4.78 is 18.9. The minimum Gasteiger partial charge on any atom is -0.356 e. The average Bonchev–Trinajstić information content (AvgIpc) is 3.03. The van der Waals surface area contributed by atoms with Gasteiger partial charge >= 0.3 is 0 Å². The van der Waals surface area contributed by atoms with Crippen LogP contribution in [0.3, 0.4) is 0 Å². The van der Waals surface area contributed by atoms with Gasteiger partial charge < -0.3 is 15.2 Å². The lowest BCUT2D eigenvalue weighted by Gasteiger charge is -2.07. The summed E-state index contributed by atoms with van der Waals surface area (Å²) in [5, 5.41) is 9.17. The maximum Gasteiger partial charge on any atom is 0.230 e. The SMILES string of the molecule is CC(=O)Nc1cccc(NC(=O)Cc2cc(-c3ccccc3F)on2)c1. The molecule has 0 aliphatic carbocycles. The Bertz CT molecular complexity index is 952. The minimum absolute atomic E-state index is 0.0255. The molecule has 1 heterocycles. The van der Waals surface area contributed by atoms with Crippen molar-refractivity contribution >= 4 is 23.2 Å². The molecule has 0 atom stereocenters. The number of anilines is 2. The first-order valence-corrected chi connectivity index (χ1v) is 7.89. The molecule has 1 aromatic heterocycles. The number of hydrogen-bond acceptors (Lipinski definition) is 4. The van der Waals surface area contributed by atoms with Crippen LogP contribution in [0.1, 0.15) is 12.6 Å². The molecule has 0 spiro atoms. The van der Waals surface area contributed by atoms with E-state index in [2.05, 4.69) is 15.8 Å². The van der Waals surface area contributed by atoms with E-state index in [0.717, 1.165) is 0 Å². The van der Waals surface area contributed by atoms with Gasteiger partial charge in [0.2, 0.25) is 11.8 Å². The van der Waals surface area contributed by atoms with Gasteiger partial charge in [-0.3, -0.25) is 9.59 Å². The zero-order valence-corrected chi connectivity index (χ0v) is 14.0. The summed E-state index contributed by atoms with van der Waals surface area (Å²) in [5.41, 5.74) is 1.80. The number of aromatic nitrogens is 1. The molecule has 3 rings (SSSR count). The van der Waals surface area contributed by atoms with Gasteiger partial charge in [0, 0.05) is 24.4 Å². The predicted molar refractivity (Wildman–Crippen MR) is 95.0 cm³/mol. The van der Waals surface area contributed by atoms with Gasteiger partial charge in [0.1, 0.15) is 5.82 Å². The number of carbonyl (C=O) groups excluding carboxylic acids is 2. The second-order valence-corrected chi connectivity index (χ2v) is 5.65. The van der Waals surface area contributed by atoms with Crippen LogP contribution in [0.15, 0.2) is 59.1 Å². The third kappa shape index (κ3) is 4.32. The highest BCUT2D eigenvalue weighted by Crippen LogP contribution is 2.23. The number of halogens is 1. The normalized spacial score (nSPS) is 10.4. The van der Waals surface area contributed by atoms with E-state index in [-0.39, 0.29) is 29.6 Å². The van der Waals surface area contributed by atoms with Crippen LogP contribution in [0.25, 0.3) is 11.3 Å². The Hall–Kier alpha value is -3.48. The van der Waals surface area contributed by atoms with Crippen LogP contribution < -0.4 is 10.6 Å². The van der Waals surface area contributed by atoms with Crippen LogP contribution >= 0.6 is 0 Å². The van der Waals surface area contributed by atoms with Gasteiger partial charge in [0.15, 0.2) is 5.76 Å². The van der Waals surface area contributed by atoms with Crippen LogP contribution in [-0.4, -0.2) is 17.0 Å². The molecule has 0 unspecified atom stereocenters. The number of amides is 2. The Morgan fingerprint density at radius 3 is 2.50 bits per heavy atom. The van der Waals surface area contributed by atoms with E-state index < -0.39 is 5.82 Å². The molecule has 0 radical (unpaired) electrons. The molecule has 0 aliphatic rings. The number of nitrogens with zero attached hydrogens (tertiary/aromatic N) is 1. The van der Waals surface area contributed by atoms with Gasteiger partial charge in [-0.15, -0.1) is 0 Å². The van der Waals surface area contributed by atoms with E-state index in [9.17, 15) is 14.0 Å². The average molecular weight is 353 g/mol. The number of carbonyl (C=O) groups is 2. The molecular weight excluding hydrogens is 337 g/mol. The lowest BCUT2D eigenvalue weighted by molar-refractivity contribution is -0.116. The zero-order valence-electron chi connectivity index (χ0n) is 14.0. The fourth-order valence-corrected chi connectivity index (χ4v) is 2.43. The monoisotopic (exact) mass is 353 g/mol. The van der Waals surface area contributed by atoms with Crippen LogP contribution in [0.2, 0.25) is 0 Å². The van der Waals surface area contributed by atoms with Gasteiger partial charge in [0.25, 0.3) is 0 Å². The summed E-state index contributed by atoms with van der Waals surface area (Å²) in [6.45, 7) is 1.41. The molecule has 0 fully saturated rings. The molecule has 2 N–H and O–H groups in total. The fraction of sp³-hybridized carbons (Fsp3) is 0.105. The van der Waals surface area contributed by atoms with E-state index in [1.54, 1.807) is 42.5 Å². The molecule has 26 heavy (non-hydrogen) atoms. The third-order valence-corrected chi connectivity index (χ3v) is 3.51. The predicted octanol–water partition coefficient (Wildman–Crippen LogP) is 3.62. The molecule has 7 heteroatoms. The highest BCUT2D eigenvalue weighted by molar-refractivity contribution is 5.94. The Balaban J connectivity index is 1.66. The van der Waals surface area contributed by atoms with Crippen molar-refractivity contribution in [3.63, 3.8) is 0 Å². The largest absolute Gasteiger partial charge is 0.356 e. The summed E-state index contributed by atoms with van der Waals surface area (Å²) in [6, 6.07) is 14.5. The third-order valence-electron chi connectivity index (χ3n) is 3.51. The van der Waals surface area contributed by atoms with Crippen molar-refractivity contribution in [1.29, 1.82) is 0 Å². The molecular formula is C19H16FN3O3. The van der Waals surface area contributed by atoms with Gasteiger partial charge in [-0.25, -0.2) is 4.39 Å². The van der Waals surface area contributed by atoms with Gasteiger partial charge in [-0.1, -0.05) is 23.4 Å². The maximum absolute atomic E-state index is 13.8. The molecule has 2 aromatic carbocycles. The van der Waals surface area contributed by atoms with E-state index >= 15 is 0 Å².